The number of nitrogens with zero attached hydrogens (tertiary/aromatic N) is 1. The van der Waals surface area contributed by atoms with Gasteiger partial charge in [0.25, 0.3) is 5.91 Å². The fourth-order valence-corrected chi connectivity index (χ4v) is 2.76. The average molecular weight is 333 g/mol. The van der Waals surface area contributed by atoms with Crippen molar-refractivity contribution in [2.24, 2.45) is 0 Å². The van der Waals surface area contributed by atoms with Crippen LogP contribution in [0.5, 0.6) is 0 Å². The van der Waals surface area contributed by atoms with E-state index in [4.69, 9.17) is 11.6 Å². The summed E-state index contributed by atoms with van der Waals surface area (Å²) in [5, 5.41) is 0.394. The summed E-state index contributed by atoms with van der Waals surface area (Å²) in [5.41, 5.74) is 0.527. The van der Waals surface area contributed by atoms with Gasteiger partial charge in [0, 0.05) is 18.1 Å². The molecule has 1 rings (SSSR count). The van der Waals surface area contributed by atoms with E-state index in [0.29, 0.717) is 18.1 Å². The number of hydrogen-bond donors (Lipinski definition) is 1. The van der Waals surface area contributed by atoms with Gasteiger partial charge in [0.2, 0.25) is 10.0 Å². The van der Waals surface area contributed by atoms with Gasteiger partial charge >= 0.3 is 0 Å². The summed E-state index contributed by atoms with van der Waals surface area (Å²) in [6.07, 6.45) is 2.72. The Morgan fingerprint density at radius 1 is 1.24 bits per heavy atom. The van der Waals surface area contributed by atoms with E-state index in [1.54, 1.807) is 11.0 Å². The molecule has 0 aromatic heterocycles. The Kier molecular flexibility index (Phi) is 6.48. The van der Waals surface area contributed by atoms with Crippen LogP contribution in [-0.2, 0) is 10.0 Å². The van der Waals surface area contributed by atoms with E-state index in [0.717, 1.165) is 19.1 Å². The maximum atomic E-state index is 12.6. The molecule has 1 amide bonds. The number of sulfonamides is 1. The summed E-state index contributed by atoms with van der Waals surface area (Å²) >= 11 is 5.94. The van der Waals surface area contributed by atoms with E-state index in [-0.39, 0.29) is 17.2 Å². The number of halogens is 1. The van der Waals surface area contributed by atoms with Gasteiger partial charge in [-0.2, -0.15) is 0 Å². The van der Waals surface area contributed by atoms with Gasteiger partial charge in [0.1, 0.15) is 0 Å². The predicted octanol–water partition coefficient (Wildman–Crippen LogP) is 2.97. The topological polar surface area (TPSA) is 66.5 Å². The van der Waals surface area contributed by atoms with Crippen molar-refractivity contribution in [2.75, 3.05) is 24.1 Å². The van der Waals surface area contributed by atoms with E-state index < -0.39 is 10.0 Å². The molecule has 1 aromatic carbocycles. The van der Waals surface area contributed by atoms with Gasteiger partial charge in [0.15, 0.2) is 0 Å². The number of nitrogens with one attached hydrogen (secondary N) is 1. The fraction of sp³-hybridized carbons (Fsp3) is 0.500. The van der Waals surface area contributed by atoms with Crippen LogP contribution in [0.4, 0.5) is 5.69 Å². The van der Waals surface area contributed by atoms with E-state index in [1.165, 1.54) is 12.1 Å². The third-order valence-electron chi connectivity index (χ3n) is 2.78. The molecule has 0 heterocycles. The summed E-state index contributed by atoms with van der Waals surface area (Å²) in [5.74, 6) is -0.215. The second kappa shape index (κ2) is 7.66. The fourth-order valence-electron chi connectivity index (χ4n) is 2.01. The molecule has 7 heteroatoms. The summed E-state index contributed by atoms with van der Waals surface area (Å²) < 4.78 is 25.2. The van der Waals surface area contributed by atoms with Crippen molar-refractivity contribution in [3.8, 4) is 0 Å². The molecule has 118 valence electrons. The van der Waals surface area contributed by atoms with Crippen molar-refractivity contribution in [1.29, 1.82) is 0 Å². The summed E-state index contributed by atoms with van der Waals surface area (Å²) in [6.45, 7) is 5.22. The Hall–Kier alpha value is -1.27. The molecule has 0 saturated carbocycles. The van der Waals surface area contributed by atoms with Crippen LogP contribution in [0.15, 0.2) is 18.2 Å². The molecule has 5 nitrogen and oxygen atoms in total. The highest BCUT2D eigenvalue weighted by Gasteiger charge is 2.19. The lowest BCUT2D eigenvalue weighted by molar-refractivity contribution is 0.0756. The highest BCUT2D eigenvalue weighted by atomic mass is 35.5. The lowest BCUT2D eigenvalue weighted by Crippen LogP contribution is -2.33. The van der Waals surface area contributed by atoms with Crippen LogP contribution in [0.2, 0.25) is 5.02 Å². The first-order chi connectivity index (χ1) is 9.78. The molecule has 21 heavy (non-hydrogen) atoms. The van der Waals surface area contributed by atoms with E-state index in [9.17, 15) is 13.2 Å². The molecule has 0 saturated heterocycles. The number of amides is 1. The van der Waals surface area contributed by atoms with Crippen molar-refractivity contribution >= 4 is 33.2 Å². The zero-order chi connectivity index (χ0) is 16.0. The third kappa shape index (κ3) is 5.55. The maximum absolute atomic E-state index is 12.6. The van der Waals surface area contributed by atoms with Crippen LogP contribution in [-0.4, -0.2) is 38.6 Å². The third-order valence-corrected chi connectivity index (χ3v) is 3.61. The van der Waals surface area contributed by atoms with E-state index >= 15 is 0 Å². The molecule has 0 aliphatic heterocycles. The van der Waals surface area contributed by atoms with E-state index in [1.807, 2.05) is 13.8 Å². The largest absolute Gasteiger partial charge is 0.339 e. The first-order valence-electron chi connectivity index (χ1n) is 6.85. The number of benzene rings is 1. The van der Waals surface area contributed by atoms with Gasteiger partial charge in [-0.25, -0.2) is 8.42 Å². The predicted molar refractivity (Wildman–Crippen MR) is 86.4 cm³/mol. The lowest BCUT2D eigenvalue weighted by atomic mass is 10.1. The van der Waals surface area contributed by atoms with Gasteiger partial charge in [0.05, 0.1) is 17.5 Å². The Labute approximate surface area is 131 Å². The minimum atomic E-state index is -3.46. The summed E-state index contributed by atoms with van der Waals surface area (Å²) in [7, 11) is -3.46. The van der Waals surface area contributed by atoms with Crippen molar-refractivity contribution in [1.82, 2.24) is 4.90 Å². The summed E-state index contributed by atoms with van der Waals surface area (Å²) in [6, 6.07) is 4.55. The number of carbonyl (C=O) groups excluding carboxylic acids is 1. The molecule has 0 aliphatic carbocycles. The van der Waals surface area contributed by atoms with Crippen LogP contribution >= 0.6 is 11.6 Å². The first kappa shape index (κ1) is 17.8. The molecular weight excluding hydrogens is 312 g/mol. The second-order valence-corrected chi connectivity index (χ2v) is 7.04. The van der Waals surface area contributed by atoms with E-state index in [2.05, 4.69) is 4.72 Å². The van der Waals surface area contributed by atoms with Gasteiger partial charge in [-0.05, 0) is 31.0 Å². The molecular formula is C14H21ClN2O3S. The van der Waals surface area contributed by atoms with Crippen molar-refractivity contribution < 1.29 is 13.2 Å². The van der Waals surface area contributed by atoms with Crippen molar-refractivity contribution in [3.63, 3.8) is 0 Å². The Morgan fingerprint density at radius 3 is 2.29 bits per heavy atom. The van der Waals surface area contributed by atoms with Gasteiger partial charge in [-0.3, -0.25) is 9.52 Å². The number of anilines is 1. The maximum Gasteiger partial charge on any atom is 0.256 e. The Morgan fingerprint density at radius 2 is 1.81 bits per heavy atom. The lowest BCUT2D eigenvalue weighted by Gasteiger charge is -2.23. The molecule has 0 bridgehead atoms. The quantitative estimate of drug-likeness (QED) is 0.834. The zero-order valence-corrected chi connectivity index (χ0v) is 14.1. The van der Waals surface area contributed by atoms with Gasteiger partial charge in [-0.1, -0.05) is 25.4 Å². The average Bonchev–Trinajstić information content (AvgIpc) is 2.38. The van der Waals surface area contributed by atoms with Gasteiger partial charge in [-0.15, -0.1) is 0 Å². The first-order valence-corrected chi connectivity index (χ1v) is 9.12. The molecule has 0 radical (unpaired) electrons. The van der Waals surface area contributed by atoms with Crippen LogP contribution < -0.4 is 4.72 Å². The van der Waals surface area contributed by atoms with Crippen LogP contribution in [0, 0.1) is 0 Å². The molecule has 1 N–H and O–H groups in total. The molecule has 0 unspecified atom stereocenters. The Balaban J connectivity index is 3.19. The smallest absolute Gasteiger partial charge is 0.256 e. The number of hydrogen-bond acceptors (Lipinski definition) is 3. The van der Waals surface area contributed by atoms with Crippen molar-refractivity contribution in [3.05, 3.63) is 28.8 Å². The molecule has 0 aliphatic rings. The molecule has 0 fully saturated rings. The monoisotopic (exact) mass is 332 g/mol. The number of carbonyl (C=O) groups is 1. The Bertz CT molecular complexity index is 596. The molecule has 1 aromatic rings. The highest BCUT2D eigenvalue weighted by molar-refractivity contribution is 7.92. The second-order valence-electron chi connectivity index (χ2n) is 4.86. The van der Waals surface area contributed by atoms with Crippen LogP contribution in [0.1, 0.15) is 37.0 Å². The standard InChI is InChI=1S/C14H21ClN2O3S/c1-4-8-17(9-5-2)14(18)12-10-11(15)6-7-13(12)16-21(3,19)20/h6-7,10,16H,4-5,8-9H2,1-3H3. The highest BCUT2D eigenvalue weighted by Crippen LogP contribution is 2.23. The summed E-state index contributed by atoms with van der Waals surface area (Å²) in [4.78, 5) is 14.3. The molecule has 0 spiro atoms. The minimum absolute atomic E-state index is 0.215. The minimum Gasteiger partial charge on any atom is -0.339 e. The zero-order valence-electron chi connectivity index (χ0n) is 12.5. The molecule has 0 atom stereocenters. The van der Waals surface area contributed by atoms with Crippen LogP contribution in [0.3, 0.4) is 0 Å². The normalized spacial score (nSPS) is 11.2. The van der Waals surface area contributed by atoms with Crippen LogP contribution in [0.25, 0.3) is 0 Å². The van der Waals surface area contributed by atoms with Crippen molar-refractivity contribution in [2.45, 2.75) is 26.7 Å². The number of rotatable bonds is 7. The SMILES string of the molecule is CCCN(CCC)C(=O)c1cc(Cl)ccc1NS(C)(=O)=O. The van der Waals surface area contributed by atoms with Gasteiger partial charge < -0.3 is 4.90 Å².